The summed E-state index contributed by atoms with van der Waals surface area (Å²) in [4.78, 5) is 23.7. The van der Waals surface area contributed by atoms with E-state index in [1.807, 2.05) is 17.0 Å². The van der Waals surface area contributed by atoms with E-state index in [9.17, 15) is 4.79 Å². The van der Waals surface area contributed by atoms with Gasteiger partial charge in [0.25, 0.3) is 5.91 Å². The highest BCUT2D eigenvalue weighted by Gasteiger charge is 2.21. The fraction of sp³-hybridized carbons (Fsp3) is 0.429. The molecule has 5 nitrogen and oxygen atoms in total. The third kappa shape index (κ3) is 4.05. The van der Waals surface area contributed by atoms with Crippen LogP contribution in [0.5, 0.6) is 0 Å². The lowest BCUT2D eigenvalue weighted by Crippen LogP contribution is -2.48. The fourth-order valence-corrected chi connectivity index (χ4v) is 3.39. The fourth-order valence-electron chi connectivity index (χ4n) is 3.39. The molecule has 1 aliphatic rings. The van der Waals surface area contributed by atoms with Gasteiger partial charge in [-0.05, 0) is 50.2 Å². The molecule has 2 aromatic rings. The molecule has 1 fully saturated rings. The van der Waals surface area contributed by atoms with E-state index in [0.717, 1.165) is 50.8 Å². The van der Waals surface area contributed by atoms with Crippen molar-refractivity contribution in [3.63, 3.8) is 0 Å². The van der Waals surface area contributed by atoms with Gasteiger partial charge in [0, 0.05) is 44.6 Å². The van der Waals surface area contributed by atoms with E-state index < -0.39 is 0 Å². The lowest BCUT2D eigenvalue weighted by atomic mass is 10.2. The molecule has 1 saturated heterocycles. The minimum absolute atomic E-state index is 0.0819. The largest absolute Gasteiger partial charge is 0.336 e. The molecular formula is C21H28N4O. The van der Waals surface area contributed by atoms with Crippen molar-refractivity contribution in [2.45, 2.75) is 20.8 Å². The Balaban J connectivity index is 1.72. The van der Waals surface area contributed by atoms with Gasteiger partial charge in [-0.25, -0.2) is 4.98 Å². The molecule has 1 aromatic carbocycles. The quantitative estimate of drug-likeness (QED) is 0.827. The summed E-state index contributed by atoms with van der Waals surface area (Å²) < 4.78 is 0. The van der Waals surface area contributed by atoms with E-state index in [1.54, 1.807) is 6.20 Å². The van der Waals surface area contributed by atoms with Gasteiger partial charge < -0.3 is 14.7 Å². The van der Waals surface area contributed by atoms with E-state index in [2.05, 4.69) is 59.8 Å². The van der Waals surface area contributed by atoms with Crippen LogP contribution in [0.1, 0.15) is 29.8 Å². The molecule has 5 heteroatoms. The van der Waals surface area contributed by atoms with Crippen LogP contribution in [0.25, 0.3) is 0 Å². The van der Waals surface area contributed by atoms with Crippen LogP contribution in [0, 0.1) is 6.92 Å². The highest BCUT2D eigenvalue weighted by atomic mass is 16.2. The van der Waals surface area contributed by atoms with Crippen LogP contribution >= 0.6 is 0 Å². The Hall–Kier alpha value is -2.40. The zero-order chi connectivity index (χ0) is 18.5. The van der Waals surface area contributed by atoms with Crippen molar-refractivity contribution < 1.29 is 4.79 Å². The van der Waals surface area contributed by atoms with Crippen molar-refractivity contribution in [2.75, 3.05) is 44.2 Å². The first kappa shape index (κ1) is 18.4. The summed E-state index contributed by atoms with van der Waals surface area (Å²) in [6.45, 7) is 11.7. The molecule has 0 spiro atoms. The van der Waals surface area contributed by atoms with Gasteiger partial charge in [-0.15, -0.1) is 0 Å². The number of aromatic nitrogens is 1. The predicted molar refractivity (Wildman–Crippen MR) is 106 cm³/mol. The number of carbonyl (C=O) groups excluding carboxylic acids is 1. The average Bonchev–Trinajstić information content (AvgIpc) is 2.69. The second-order valence-corrected chi connectivity index (χ2v) is 6.71. The molecule has 0 radical (unpaired) electrons. The number of hydrogen-bond acceptors (Lipinski definition) is 4. The molecule has 0 atom stereocenters. The van der Waals surface area contributed by atoms with Crippen LogP contribution in [0.15, 0.2) is 42.6 Å². The third-order valence-electron chi connectivity index (χ3n) is 5.01. The first-order valence-electron chi connectivity index (χ1n) is 9.44. The Kier molecular flexibility index (Phi) is 5.89. The Labute approximate surface area is 156 Å². The molecule has 26 heavy (non-hydrogen) atoms. The number of nitrogens with zero attached hydrogens (tertiary/aromatic N) is 4. The Morgan fingerprint density at radius 3 is 2.46 bits per heavy atom. The van der Waals surface area contributed by atoms with Crippen LogP contribution in [-0.2, 0) is 0 Å². The predicted octanol–water partition coefficient (Wildman–Crippen LogP) is 3.33. The Morgan fingerprint density at radius 2 is 1.88 bits per heavy atom. The smallest absolute Gasteiger partial charge is 0.255 e. The van der Waals surface area contributed by atoms with Crippen molar-refractivity contribution in [1.29, 1.82) is 0 Å². The van der Waals surface area contributed by atoms with E-state index in [-0.39, 0.29) is 5.91 Å². The van der Waals surface area contributed by atoms with Crippen molar-refractivity contribution in [2.24, 2.45) is 0 Å². The monoisotopic (exact) mass is 352 g/mol. The van der Waals surface area contributed by atoms with Crippen molar-refractivity contribution in [3.05, 3.63) is 53.7 Å². The molecule has 1 aromatic heterocycles. The van der Waals surface area contributed by atoms with Crippen LogP contribution in [0.2, 0.25) is 0 Å². The average molecular weight is 352 g/mol. The maximum absolute atomic E-state index is 12.7. The van der Waals surface area contributed by atoms with Crippen molar-refractivity contribution >= 4 is 17.4 Å². The van der Waals surface area contributed by atoms with Crippen molar-refractivity contribution in [1.82, 2.24) is 14.8 Å². The summed E-state index contributed by atoms with van der Waals surface area (Å²) in [5, 5.41) is 0. The number of hydrogen-bond donors (Lipinski definition) is 0. The molecule has 0 unspecified atom stereocenters. The molecule has 138 valence electrons. The summed E-state index contributed by atoms with van der Waals surface area (Å²) in [5.74, 6) is 0.948. The third-order valence-corrected chi connectivity index (χ3v) is 5.01. The van der Waals surface area contributed by atoms with Crippen molar-refractivity contribution in [3.8, 4) is 0 Å². The van der Waals surface area contributed by atoms with Crippen LogP contribution in [0.4, 0.5) is 11.5 Å². The van der Waals surface area contributed by atoms with Gasteiger partial charge >= 0.3 is 0 Å². The second-order valence-electron chi connectivity index (χ2n) is 6.71. The zero-order valence-electron chi connectivity index (χ0n) is 16.0. The number of benzene rings is 1. The number of piperazine rings is 1. The van der Waals surface area contributed by atoms with Gasteiger partial charge in [-0.3, -0.25) is 4.79 Å². The van der Waals surface area contributed by atoms with Gasteiger partial charge in [-0.1, -0.05) is 19.1 Å². The molecule has 0 aliphatic carbocycles. The number of pyridine rings is 1. The molecular weight excluding hydrogens is 324 g/mol. The van der Waals surface area contributed by atoms with E-state index in [4.69, 9.17) is 0 Å². The summed E-state index contributed by atoms with van der Waals surface area (Å²) in [5.41, 5.74) is 3.01. The molecule has 0 saturated carbocycles. The number of likely N-dealkylation sites (N-methyl/N-ethyl adjacent to an activating group) is 1. The molecule has 1 amide bonds. The molecule has 2 heterocycles. The van der Waals surface area contributed by atoms with Gasteiger partial charge in [0.2, 0.25) is 0 Å². The number of anilines is 2. The molecule has 1 aliphatic heterocycles. The molecule has 0 bridgehead atoms. The van der Waals surface area contributed by atoms with Crippen LogP contribution in [0.3, 0.4) is 0 Å². The topological polar surface area (TPSA) is 39.7 Å². The highest BCUT2D eigenvalue weighted by Crippen LogP contribution is 2.24. The Morgan fingerprint density at radius 1 is 1.12 bits per heavy atom. The first-order chi connectivity index (χ1) is 12.6. The number of amides is 1. The number of aryl methyl sites for hydroxylation is 1. The highest BCUT2D eigenvalue weighted by molar-refractivity contribution is 5.94. The summed E-state index contributed by atoms with van der Waals surface area (Å²) in [6.07, 6.45) is 1.71. The first-order valence-corrected chi connectivity index (χ1v) is 9.44. The zero-order valence-corrected chi connectivity index (χ0v) is 16.0. The SMILES string of the molecule is CCN1CCN(C(=O)c2ccc(N(CC)c3cccc(C)c3)nc2)CC1. The lowest BCUT2D eigenvalue weighted by Gasteiger charge is -2.34. The van der Waals surface area contributed by atoms with Crippen LogP contribution in [-0.4, -0.2) is 60.0 Å². The second kappa shape index (κ2) is 8.32. The standard InChI is InChI=1S/C21H28N4O/c1-4-23-11-13-24(14-12-23)21(26)18-9-10-20(22-16-18)25(5-2)19-8-6-7-17(3)15-19/h6-10,15-16H,4-5,11-14H2,1-3H3. The number of carbonyl (C=O) groups is 1. The van der Waals surface area contributed by atoms with E-state index in [0.29, 0.717) is 5.56 Å². The molecule has 3 rings (SSSR count). The van der Waals surface area contributed by atoms with Crippen LogP contribution < -0.4 is 4.90 Å². The van der Waals surface area contributed by atoms with Gasteiger partial charge in [0.1, 0.15) is 5.82 Å². The summed E-state index contributed by atoms with van der Waals surface area (Å²) >= 11 is 0. The van der Waals surface area contributed by atoms with Gasteiger partial charge in [0.05, 0.1) is 5.56 Å². The van der Waals surface area contributed by atoms with E-state index in [1.165, 1.54) is 5.56 Å². The minimum Gasteiger partial charge on any atom is -0.336 e. The summed E-state index contributed by atoms with van der Waals surface area (Å²) in [7, 11) is 0. The van der Waals surface area contributed by atoms with Gasteiger partial charge in [0.15, 0.2) is 0 Å². The normalized spacial score (nSPS) is 15.1. The Bertz CT molecular complexity index is 736. The van der Waals surface area contributed by atoms with E-state index >= 15 is 0 Å². The maximum atomic E-state index is 12.7. The number of rotatable bonds is 5. The summed E-state index contributed by atoms with van der Waals surface area (Å²) in [6, 6.07) is 12.2. The van der Waals surface area contributed by atoms with Gasteiger partial charge in [-0.2, -0.15) is 0 Å². The maximum Gasteiger partial charge on any atom is 0.255 e. The lowest BCUT2D eigenvalue weighted by molar-refractivity contribution is 0.0643. The molecule has 0 N–H and O–H groups in total. The minimum atomic E-state index is 0.0819.